The summed E-state index contributed by atoms with van der Waals surface area (Å²) in [5.41, 5.74) is 7.36. The average Bonchev–Trinajstić information content (AvgIpc) is 2.57. The number of nitrogens with two attached hydrogens (primary N) is 1. The van der Waals surface area contributed by atoms with Gasteiger partial charge in [0.15, 0.2) is 17.3 Å². The smallest absolute Gasteiger partial charge is 0.295 e. The molecule has 2 rings (SSSR count). The predicted octanol–water partition coefficient (Wildman–Crippen LogP) is 3.93. The number of carbonyl (C=O) groups excluding carboxylic acids is 1. The maximum Gasteiger partial charge on any atom is 0.295 e. The van der Waals surface area contributed by atoms with Gasteiger partial charge in [0.2, 0.25) is 0 Å². The number of ether oxygens (including phenoxy) is 1. The number of amides is 1. The molecule has 1 heterocycles. The van der Waals surface area contributed by atoms with Crippen LogP contribution in [0.15, 0.2) is 30.6 Å². The van der Waals surface area contributed by atoms with Crippen molar-refractivity contribution in [2.45, 2.75) is 0 Å². The van der Waals surface area contributed by atoms with Crippen molar-refractivity contribution in [3.63, 3.8) is 0 Å². The minimum absolute atomic E-state index is 0.0123. The van der Waals surface area contributed by atoms with Crippen LogP contribution in [0.1, 0.15) is 10.5 Å². The SMILES string of the molecule is C=C(F)CONC(=O)c1nc(-c2ccc(Cl)c(OC)c2F)cc(N)c1Cl. The fourth-order valence-corrected chi connectivity index (χ4v) is 2.39. The average molecular weight is 404 g/mol. The van der Waals surface area contributed by atoms with E-state index in [1.54, 1.807) is 0 Å². The summed E-state index contributed by atoms with van der Waals surface area (Å²) in [5, 5.41) is -0.108. The molecule has 138 valence electrons. The zero-order valence-electron chi connectivity index (χ0n) is 13.4. The van der Waals surface area contributed by atoms with Crippen molar-refractivity contribution in [3.8, 4) is 17.0 Å². The normalized spacial score (nSPS) is 10.5. The van der Waals surface area contributed by atoms with Gasteiger partial charge in [0.05, 0.1) is 28.5 Å². The first-order valence-electron chi connectivity index (χ1n) is 7.00. The summed E-state index contributed by atoms with van der Waals surface area (Å²) in [6, 6.07) is 4.04. The molecule has 2 aromatic rings. The number of methoxy groups -OCH3 is 1. The van der Waals surface area contributed by atoms with Gasteiger partial charge in [0, 0.05) is 5.56 Å². The predicted molar refractivity (Wildman–Crippen MR) is 94.3 cm³/mol. The van der Waals surface area contributed by atoms with E-state index in [0.29, 0.717) is 0 Å². The minimum atomic E-state index is -0.897. The number of carbonyl (C=O) groups is 1. The van der Waals surface area contributed by atoms with Crippen molar-refractivity contribution in [3.05, 3.63) is 52.2 Å². The van der Waals surface area contributed by atoms with E-state index in [2.05, 4.69) is 16.4 Å². The van der Waals surface area contributed by atoms with Gasteiger partial charge in [-0.25, -0.2) is 19.2 Å². The molecule has 0 aliphatic heterocycles. The van der Waals surface area contributed by atoms with Crippen LogP contribution in [0.3, 0.4) is 0 Å². The van der Waals surface area contributed by atoms with Crippen molar-refractivity contribution < 1.29 is 23.1 Å². The Kier molecular flexibility index (Phi) is 6.36. The molecule has 0 radical (unpaired) electrons. The van der Waals surface area contributed by atoms with E-state index < -0.39 is 24.2 Å². The number of nitrogens with zero attached hydrogens (tertiary/aromatic N) is 1. The quantitative estimate of drug-likeness (QED) is 0.713. The van der Waals surface area contributed by atoms with E-state index >= 15 is 0 Å². The van der Waals surface area contributed by atoms with Crippen LogP contribution in [0.4, 0.5) is 14.5 Å². The first-order chi connectivity index (χ1) is 12.3. The van der Waals surface area contributed by atoms with Crippen molar-refractivity contribution in [2.24, 2.45) is 0 Å². The topological polar surface area (TPSA) is 86.5 Å². The lowest BCUT2D eigenvalue weighted by molar-refractivity contribution is 0.0355. The summed E-state index contributed by atoms with van der Waals surface area (Å²) in [6.45, 7) is 2.42. The van der Waals surface area contributed by atoms with Gasteiger partial charge in [0.1, 0.15) is 12.4 Å². The Labute approximate surface area is 157 Å². The van der Waals surface area contributed by atoms with Crippen LogP contribution >= 0.6 is 23.2 Å². The third-order valence-electron chi connectivity index (χ3n) is 3.12. The minimum Gasteiger partial charge on any atom is -0.492 e. The lowest BCUT2D eigenvalue weighted by atomic mass is 10.1. The van der Waals surface area contributed by atoms with Gasteiger partial charge in [-0.15, -0.1) is 0 Å². The van der Waals surface area contributed by atoms with Gasteiger partial charge in [-0.05, 0) is 18.2 Å². The van der Waals surface area contributed by atoms with Crippen LogP contribution < -0.4 is 16.0 Å². The molecule has 1 aromatic carbocycles. The zero-order valence-corrected chi connectivity index (χ0v) is 14.9. The van der Waals surface area contributed by atoms with E-state index in [-0.39, 0.29) is 38.4 Å². The molecule has 0 saturated carbocycles. The lowest BCUT2D eigenvalue weighted by Crippen LogP contribution is -2.26. The molecule has 0 aliphatic carbocycles. The monoisotopic (exact) mass is 403 g/mol. The number of hydrogen-bond acceptors (Lipinski definition) is 5. The summed E-state index contributed by atoms with van der Waals surface area (Å²) in [5.74, 6) is -2.67. The molecule has 1 amide bonds. The molecule has 0 fully saturated rings. The zero-order chi connectivity index (χ0) is 19.4. The van der Waals surface area contributed by atoms with E-state index in [4.69, 9.17) is 33.7 Å². The van der Waals surface area contributed by atoms with Gasteiger partial charge >= 0.3 is 0 Å². The summed E-state index contributed by atoms with van der Waals surface area (Å²) >= 11 is 11.8. The molecule has 10 heteroatoms. The third kappa shape index (κ3) is 4.21. The van der Waals surface area contributed by atoms with Crippen LogP contribution in [0.5, 0.6) is 5.75 Å². The van der Waals surface area contributed by atoms with E-state index in [9.17, 15) is 13.6 Å². The molecule has 3 N–H and O–H groups in total. The number of hydroxylamine groups is 1. The summed E-state index contributed by atoms with van der Waals surface area (Å²) in [4.78, 5) is 20.7. The Morgan fingerprint density at radius 1 is 1.42 bits per heavy atom. The lowest BCUT2D eigenvalue weighted by Gasteiger charge is -2.12. The Balaban J connectivity index is 2.45. The Morgan fingerprint density at radius 2 is 2.12 bits per heavy atom. The van der Waals surface area contributed by atoms with Crippen LogP contribution in [-0.4, -0.2) is 24.6 Å². The van der Waals surface area contributed by atoms with Gasteiger partial charge in [-0.1, -0.05) is 29.8 Å². The number of nitrogens with one attached hydrogen (secondary N) is 1. The standard InChI is InChI=1S/C16H13Cl2F2N3O3/c1-7(19)6-26-23-16(24)14-12(18)10(21)5-11(22-14)8-3-4-9(17)15(25-2)13(8)20/h3-5H,1,6H2,2H3,(H2,21,22)(H,23,24). The molecule has 0 saturated heterocycles. The molecule has 1 aromatic heterocycles. The Bertz CT molecular complexity index is 878. The second-order valence-electron chi connectivity index (χ2n) is 4.94. The number of aromatic nitrogens is 1. The highest BCUT2D eigenvalue weighted by Gasteiger charge is 2.21. The third-order valence-corrected chi connectivity index (χ3v) is 3.82. The molecule has 26 heavy (non-hydrogen) atoms. The second kappa shape index (κ2) is 8.31. The Morgan fingerprint density at radius 3 is 2.73 bits per heavy atom. The first-order valence-corrected chi connectivity index (χ1v) is 7.75. The summed E-state index contributed by atoms with van der Waals surface area (Å²) < 4.78 is 32.0. The van der Waals surface area contributed by atoms with Crippen LogP contribution in [0, 0.1) is 5.82 Å². The van der Waals surface area contributed by atoms with Crippen molar-refractivity contribution >= 4 is 34.8 Å². The Hall–Kier alpha value is -2.42. The number of nitrogen functional groups attached to an aromatic ring is 1. The fraction of sp³-hybridized carbons (Fsp3) is 0.125. The maximum absolute atomic E-state index is 14.6. The largest absolute Gasteiger partial charge is 0.492 e. The summed E-state index contributed by atoms with van der Waals surface area (Å²) in [7, 11) is 1.26. The maximum atomic E-state index is 14.6. The van der Waals surface area contributed by atoms with Gasteiger partial charge in [-0.2, -0.15) is 0 Å². The number of pyridine rings is 1. The van der Waals surface area contributed by atoms with E-state index in [0.717, 1.165) is 0 Å². The van der Waals surface area contributed by atoms with E-state index in [1.165, 1.54) is 25.3 Å². The van der Waals surface area contributed by atoms with Gasteiger partial charge in [0.25, 0.3) is 5.91 Å². The number of halogens is 4. The van der Waals surface area contributed by atoms with Crippen LogP contribution in [-0.2, 0) is 4.84 Å². The highest BCUT2D eigenvalue weighted by molar-refractivity contribution is 6.36. The number of hydrogen-bond donors (Lipinski definition) is 2. The number of benzene rings is 1. The van der Waals surface area contributed by atoms with Gasteiger partial charge < -0.3 is 10.5 Å². The molecule has 0 unspecified atom stereocenters. The number of rotatable bonds is 6. The highest BCUT2D eigenvalue weighted by atomic mass is 35.5. The second-order valence-corrected chi connectivity index (χ2v) is 5.72. The van der Waals surface area contributed by atoms with Crippen molar-refractivity contribution in [1.82, 2.24) is 10.5 Å². The molecule has 0 bridgehead atoms. The van der Waals surface area contributed by atoms with E-state index in [1.807, 2.05) is 5.48 Å². The fourth-order valence-electron chi connectivity index (χ4n) is 1.98. The molecule has 0 spiro atoms. The van der Waals surface area contributed by atoms with Crippen molar-refractivity contribution in [1.29, 1.82) is 0 Å². The molecule has 0 aliphatic rings. The first kappa shape index (κ1) is 19.9. The molecular formula is C16H13Cl2F2N3O3. The number of anilines is 1. The van der Waals surface area contributed by atoms with Crippen molar-refractivity contribution in [2.75, 3.05) is 19.5 Å². The molecule has 0 atom stereocenters. The van der Waals surface area contributed by atoms with Gasteiger partial charge in [-0.3, -0.25) is 9.63 Å². The summed E-state index contributed by atoms with van der Waals surface area (Å²) in [6.07, 6.45) is 0. The van der Waals surface area contributed by atoms with Crippen LogP contribution in [0.2, 0.25) is 10.0 Å². The highest BCUT2D eigenvalue weighted by Crippen LogP contribution is 2.36. The molecular weight excluding hydrogens is 391 g/mol. The molecule has 6 nitrogen and oxygen atoms in total. The van der Waals surface area contributed by atoms with Crippen LogP contribution in [0.25, 0.3) is 11.3 Å².